The summed E-state index contributed by atoms with van der Waals surface area (Å²) in [7, 11) is 0. The van der Waals surface area contributed by atoms with Gasteiger partial charge in [-0.2, -0.15) is 0 Å². The van der Waals surface area contributed by atoms with Gasteiger partial charge in [0.05, 0.1) is 0 Å². The van der Waals surface area contributed by atoms with Gasteiger partial charge in [-0.15, -0.1) is 0 Å². The van der Waals surface area contributed by atoms with E-state index in [2.05, 4.69) is 5.32 Å². The smallest absolute Gasteiger partial charge is 0.322 e. The molecule has 0 amide bonds. The fourth-order valence-corrected chi connectivity index (χ4v) is 2.04. The fourth-order valence-electron chi connectivity index (χ4n) is 2.04. The quantitative estimate of drug-likeness (QED) is 0.805. The van der Waals surface area contributed by atoms with Crippen LogP contribution in [-0.4, -0.2) is 23.4 Å². The SMILES string of the molecule is O=C(O)CNc1ccccc1C(=O)Cc1cc(F)cc(F)c1. The molecule has 0 radical (unpaired) electrons. The number of aliphatic carboxylic acids is 1. The van der Waals surface area contributed by atoms with Crippen molar-refractivity contribution in [1.82, 2.24) is 0 Å². The summed E-state index contributed by atoms with van der Waals surface area (Å²) in [6.45, 7) is -0.334. The van der Waals surface area contributed by atoms with E-state index in [1.54, 1.807) is 18.2 Å². The van der Waals surface area contributed by atoms with Gasteiger partial charge in [-0.1, -0.05) is 12.1 Å². The van der Waals surface area contributed by atoms with Gasteiger partial charge in [0.15, 0.2) is 5.78 Å². The van der Waals surface area contributed by atoms with Crippen molar-refractivity contribution in [2.75, 3.05) is 11.9 Å². The number of Topliss-reactive ketones (excluding diaryl/α,β-unsaturated/α-hetero) is 1. The average Bonchev–Trinajstić information content (AvgIpc) is 2.44. The molecule has 22 heavy (non-hydrogen) atoms. The highest BCUT2D eigenvalue weighted by molar-refractivity contribution is 6.02. The maximum Gasteiger partial charge on any atom is 0.322 e. The van der Waals surface area contributed by atoms with Gasteiger partial charge < -0.3 is 10.4 Å². The molecule has 0 aromatic heterocycles. The van der Waals surface area contributed by atoms with Gasteiger partial charge in [0.1, 0.15) is 18.2 Å². The summed E-state index contributed by atoms with van der Waals surface area (Å²) >= 11 is 0. The Morgan fingerprint density at radius 3 is 2.32 bits per heavy atom. The zero-order valence-corrected chi connectivity index (χ0v) is 11.5. The van der Waals surface area contributed by atoms with Gasteiger partial charge in [0.25, 0.3) is 0 Å². The van der Waals surface area contributed by atoms with E-state index in [1.807, 2.05) is 0 Å². The van der Waals surface area contributed by atoms with Gasteiger partial charge in [-0.3, -0.25) is 9.59 Å². The first-order valence-corrected chi connectivity index (χ1v) is 6.48. The molecule has 0 atom stereocenters. The van der Waals surface area contributed by atoms with E-state index in [0.717, 1.165) is 18.2 Å². The van der Waals surface area contributed by atoms with Crippen molar-refractivity contribution in [3.05, 3.63) is 65.2 Å². The molecule has 0 heterocycles. The molecule has 2 aromatic rings. The summed E-state index contributed by atoms with van der Waals surface area (Å²) in [4.78, 5) is 22.9. The molecule has 6 heteroatoms. The minimum Gasteiger partial charge on any atom is -0.480 e. The van der Waals surface area contributed by atoms with Crippen LogP contribution in [0.4, 0.5) is 14.5 Å². The normalized spacial score (nSPS) is 10.3. The number of hydrogen-bond acceptors (Lipinski definition) is 3. The Hall–Kier alpha value is -2.76. The van der Waals surface area contributed by atoms with Gasteiger partial charge in [0.2, 0.25) is 0 Å². The number of carbonyl (C=O) groups is 2. The standard InChI is InChI=1S/C16H13F2NO3/c17-11-5-10(6-12(18)8-11)7-15(20)13-3-1-2-4-14(13)19-9-16(21)22/h1-6,8,19H,7,9H2,(H,21,22). The van der Waals surface area contributed by atoms with Crippen molar-refractivity contribution in [2.45, 2.75) is 6.42 Å². The van der Waals surface area contributed by atoms with Crippen LogP contribution in [0, 0.1) is 11.6 Å². The molecule has 0 saturated heterocycles. The van der Waals surface area contributed by atoms with Gasteiger partial charge in [-0.25, -0.2) is 8.78 Å². The number of benzene rings is 2. The Morgan fingerprint density at radius 1 is 1.05 bits per heavy atom. The molecule has 0 aliphatic rings. The second-order valence-corrected chi connectivity index (χ2v) is 4.67. The molecule has 0 bridgehead atoms. The lowest BCUT2D eigenvalue weighted by molar-refractivity contribution is -0.134. The second kappa shape index (κ2) is 6.80. The predicted molar refractivity (Wildman–Crippen MR) is 77.0 cm³/mol. The summed E-state index contributed by atoms with van der Waals surface area (Å²) in [5.41, 5.74) is 0.857. The Morgan fingerprint density at radius 2 is 1.68 bits per heavy atom. The lowest BCUT2D eigenvalue weighted by Gasteiger charge is -2.10. The van der Waals surface area contributed by atoms with E-state index < -0.39 is 17.6 Å². The zero-order valence-electron chi connectivity index (χ0n) is 11.5. The minimum atomic E-state index is -1.06. The zero-order chi connectivity index (χ0) is 16.1. The summed E-state index contributed by atoms with van der Waals surface area (Å²) < 4.78 is 26.3. The molecule has 0 fully saturated rings. The van der Waals surface area contributed by atoms with Crippen molar-refractivity contribution in [3.63, 3.8) is 0 Å². The molecule has 0 spiro atoms. The van der Waals surface area contributed by atoms with Crippen LogP contribution in [0.5, 0.6) is 0 Å². The maximum absolute atomic E-state index is 13.1. The van der Waals surface area contributed by atoms with Crippen LogP contribution in [0.1, 0.15) is 15.9 Å². The van der Waals surface area contributed by atoms with E-state index in [9.17, 15) is 18.4 Å². The largest absolute Gasteiger partial charge is 0.480 e. The Kier molecular flexibility index (Phi) is 4.83. The second-order valence-electron chi connectivity index (χ2n) is 4.67. The molecule has 114 valence electrons. The molecule has 2 N–H and O–H groups in total. The first-order chi connectivity index (χ1) is 10.5. The van der Waals surface area contributed by atoms with Gasteiger partial charge >= 0.3 is 5.97 Å². The number of nitrogens with one attached hydrogen (secondary N) is 1. The highest BCUT2D eigenvalue weighted by Gasteiger charge is 2.13. The Bertz CT molecular complexity index is 696. The highest BCUT2D eigenvalue weighted by atomic mass is 19.1. The number of ketones is 1. The predicted octanol–water partition coefficient (Wildman–Crippen LogP) is 2.89. The third kappa shape index (κ3) is 4.12. The van der Waals surface area contributed by atoms with Crippen molar-refractivity contribution in [1.29, 1.82) is 0 Å². The molecule has 0 aliphatic carbocycles. The number of halogens is 2. The summed E-state index contributed by atoms with van der Waals surface area (Å²) in [5, 5.41) is 11.3. The molecule has 0 unspecified atom stereocenters. The molecule has 2 aromatic carbocycles. The van der Waals surface area contributed by atoms with Gasteiger partial charge in [0, 0.05) is 23.7 Å². The van der Waals surface area contributed by atoms with Crippen LogP contribution in [0.25, 0.3) is 0 Å². The monoisotopic (exact) mass is 305 g/mol. The third-order valence-electron chi connectivity index (χ3n) is 2.94. The Labute approximate surface area is 125 Å². The molecule has 4 nitrogen and oxygen atoms in total. The highest BCUT2D eigenvalue weighted by Crippen LogP contribution is 2.18. The molecular weight excluding hydrogens is 292 g/mol. The summed E-state index contributed by atoms with van der Waals surface area (Å²) in [6, 6.07) is 9.30. The van der Waals surface area contributed by atoms with Crippen molar-refractivity contribution >= 4 is 17.4 Å². The number of hydrogen-bond donors (Lipinski definition) is 2. The molecule has 2 rings (SSSR count). The number of carboxylic acids is 1. The fraction of sp³-hybridized carbons (Fsp3) is 0.125. The molecular formula is C16H13F2NO3. The third-order valence-corrected chi connectivity index (χ3v) is 2.94. The van der Waals surface area contributed by atoms with Crippen LogP contribution in [0.3, 0.4) is 0 Å². The van der Waals surface area contributed by atoms with Crippen LogP contribution < -0.4 is 5.32 Å². The van der Waals surface area contributed by atoms with Crippen LogP contribution >= 0.6 is 0 Å². The van der Waals surface area contributed by atoms with Crippen LogP contribution in [-0.2, 0) is 11.2 Å². The van der Waals surface area contributed by atoms with E-state index >= 15 is 0 Å². The summed E-state index contributed by atoms with van der Waals surface area (Å²) in [6.07, 6.45) is -0.180. The molecule has 0 saturated carbocycles. The molecule has 0 aliphatic heterocycles. The Balaban J connectivity index is 2.20. The van der Waals surface area contributed by atoms with E-state index in [0.29, 0.717) is 5.69 Å². The topological polar surface area (TPSA) is 66.4 Å². The lowest BCUT2D eigenvalue weighted by atomic mass is 10.0. The van der Waals surface area contributed by atoms with Crippen LogP contribution in [0.15, 0.2) is 42.5 Å². The first kappa shape index (κ1) is 15.6. The van der Waals surface area contributed by atoms with E-state index in [4.69, 9.17) is 5.11 Å². The first-order valence-electron chi connectivity index (χ1n) is 6.48. The number of anilines is 1. The number of carbonyl (C=O) groups excluding carboxylic acids is 1. The minimum absolute atomic E-state index is 0.180. The van der Waals surface area contributed by atoms with Crippen molar-refractivity contribution in [2.24, 2.45) is 0 Å². The van der Waals surface area contributed by atoms with E-state index in [1.165, 1.54) is 6.07 Å². The number of carboxylic acid groups (broad SMARTS) is 1. The number of para-hydroxylation sites is 1. The van der Waals surface area contributed by atoms with Crippen molar-refractivity contribution in [3.8, 4) is 0 Å². The van der Waals surface area contributed by atoms with E-state index in [-0.39, 0.29) is 29.9 Å². The average molecular weight is 305 g/mol. The number of rotatable bonds is 6. The van der Waals surface area contributed by atoms with Gasteiger partial charge in [-0.05, 0) is 29.8 Å². The summed E-state index contributed by atoms with van der Waals surface area (Å²) in [5.74, 6) is -2.92. The maximum atomic E-state index is 13.1. The lowest BCUT2D eigenvalue weighted by Crippen LogP contribution is -2.15. The van der Waals surface area contributed by atoms with Crippen LogP contribution in [0.2, 0.25) is 0 Å². The van der Waals surface area contributed by atoms with Crippen molar-refractivity contribution < 1.29 is 23.5 Å².